The monoisotopic (exact) mass is 588 g/mol. The van der Waals surface area contributed by atoms with E-state index in [9.17, 15) is 4.39 Å². The van der Waals surface area contributed by atoms with Gasteiger partial charge in [0.15, 0.2) is 11.6 Å². The zero-order chi connectivity index (χ0) is 30.2. The molecule has 1 aromatic carbocycles. The number of aryl methyl sites for hydroxylation is 1. The van der Waals surface area contributed by atoms with Crippen LogP contribution in [0.15, 0.2) is 36.7 Å². The van der Waals surface area contributed by atoms with E-state index >= 15 is 4.39 Å². The van der Waals surface area contributed by atoms with Gasteiger partial charge in [-0.2, -0.15) is 0 Å². The SMILES string of the molecule is Cc1nc2c(F)cc(-c3nc(Nc4ccc([C@H](C)N5CCC(N6CCC(C)CC6)CC5)cn4)ncc3F)cc2n1C(C)C. The van der Waals surface area contributed by atoms with E-state index in [1.54, 1.807) is 6.07 Å². The van der Waals surface area contributed by atoms with Gasteiger partial charge in [-0.1, -0.05) is 13.0 Å². The Morgan fingerprint density at radius 3 is 2.30 bits per heavy atom. The number of piperidine rings is 2. The Morgan fingerprint density at radius 1 is 0.884 bits per heavy atom. The average Bonchev–Trinajstić information content (AvgIpc) is 3.35. The molecule has 2 saturated heterocycles. The molecule has 10 heteroatoms. The fraction of sp³-hybridized carbons (Fsp3) is 0.515. The predicted octanol–water partition coefficient (Wildman–Crippen LogP) is 7.06. The van der Waals surface area contributed by atoms with Crippen molar-refractivity contribution < 1.29 is 8.78 Å². The first-order chi connectivity index (χ1) is 20.7. The zero-order valence-corrected chi connectivity index (χ0v) is 25.8. The van der Waals surface area contributed by atoms with Crippen molar-refractivity contribution in [3.63, 3.8) is 0 Å². The fourth-order valence-corrected chi connectivity index (χ4v) is 6.77. The molecular formula is C33H42F2N8. The molecule has 0 spiro atoms. The predicted molar refractivity (Wildman–Crippen MR) is 166 cm³/mol. The molecule has 5 heterocycles. The number of halogens is 2. The second-order valence-electron chi connectivity index (χ2n) is 12.6. The van der Waals surface area contributed by atoms with Crippen molar-refractivity contribution >= 4 is 22.8 Å². The summed E-state index contributed by atoms with van der Waals surface area (Å²) in [5, 5.41) is 3.09. The molecule has 2 aliphatic rings. The van der Waals surface area contributed by atoms with Crippen LogP contribution in [0.3, 0.4) is 0 Å². The Hall–Kier alpha value is -3.50. The van der Waals surface area contributed by atoms with E-state index in [0.717, 1.165) is 30.8 Å². The van der Waals surface area contributed by atoms with Crippen LogP contribution in [-0.4, -0.2) is 66.5 Å². The number of rotatable bonds is 7. The van der Waals surface area contributed by atoms with Gasteiger partial charge in [-0.3, -0.25) is 4.90 Å². The molecule has 0 amide bonds. The van der Waals surface area contributed by atoms with E-state index in [4.69, 9.17) is 0 Å². The lowest BCUT2D eigenvalue weighted by Gasteiger charge is -2.43. The molecule has 228 valence electrons. The topological polar surface area (TPSA) is 75.0 Å². The van der Waals surface area contributed by atoms with E-state index < -0.39 is 11.6 Å². The number of benzene rings is 1. The van der Waals surface area contributed by atoms with Crippen molar-refractivity contribution in [3.8, 4) is 11.3 Å². The highest BCUT2D eigenvalue weighted by molar-refractivity contribution is 5.83. The molecular weight excluding hydrogens is 546 g/mol. The first kappa shape index (κ1) is 29.6. The molecule has 2 fully saturated rings. The van der Waals surface area contributed by atoms with Crippen molar-refractivity contribution in [2.45, 2.75) is 78.4 Å². The number of nitrogens with one attached hydrogen (secondary N) is 1. The smallest absolute Gasteiger partial charge is 0.229 e. The molecule has 1 N–H and O–H groups in total. The molecule has 0 unspecified atom stereocenters. The number of likely N-dealkylation sites (tertiary alicyclic amines) is 2. The first-order valence-electron chi connectivity index (χ1n) is 15.6. The third-order valence-electron chi connectivity index (χ3n) is 9.35. The Balaban J connectivity index is 1.13. The number of hydrogen-bond donors (Lipinski definition) is 1. The minimum absolute atomic E-state index is 0.0140. The van der Waals surface area contributed by atoms with Crippen LogP contribution in [0.25, 0.3) is 22.3 Å². The number of anilines is 2. The van der Waals surface area contributed by atoms with Gasteiger partial charge in [-0.25, -0.2) is 28.7 Å². The summed E-state index contributed by atoms with van der Waals surface area (Å²) in [7, 11) is 0. The Kier molecular flexibility index (Phi) is 8.42. The van der Waals surface area contributed by atoms with Crippen LogP contribution in [-0.2, 0) is 0 Å². The summed E-state index contributed by atoms with van der Waals surface area (Å²) in [6, 6.07) is 8.03. The molecule has 0 radical (unpaired) electrons. The van der Waals surface area contributed by atoms with E-state index in [0.29, 0.717) is 28.8 Å². The number of fused-ring (bicyclic) bond motifs is 1. The maximum absolute atomic E-state index is 15.1. The molecule has 6 rings (SSSR count). The van der Waals surface area contributed by atoms with Gasteiger partial charge in [0, 0.05) is 43.0 Å². The zero-order valence-electron chi connectivity index (χ0n) is 25.8. The lowest BCUT2D eigenvalue weighted by Crippen LogP contribution is -2.47. The highest BCUT2D eigenvalue weighted by Crippen LogP contribution is 2.31. The lowest BCUT2D eigenvalue weighted by atomic mass is 9.94. The number of hydrogen-bond acceptors (Lipinski definition) is 7. The molecule has 4 aromatic rings. The van der Waals surface area contributed by atoms with Crippen LogP contribution in [0.1, 0.15) is 76.8 Å². The standard InChI is InChI=1S/C33H42F2N8/c1-20(2)43-23(5)38-32-27(34)16-25(17-29(32)43)31-28(35)19-37-33(40-31)39-30-7-6-24(18-36-30)22(4)41-14-10-26(11-15-41)42-12-8-21(3)9-13-42/h6-7,16-22,26H,8-15H2,1-5H3,(H,36,37,39,40)/t22-/m0/s1. The largest absolute Gasteiger partial charge is 0.326 e. The molecule has 3 aromatic heterocycles. The summed E-state index contributed by atoms with van der Waals surface area (Å²) in [6.45, 7) is 15.1. The highest BCUT2D eigenvalue weighted by Gasteiger charge is 2.29. The number of imidazole rings is 1. The summed E-state index contributed by atoms with van der Waals surface area (Å²) in [5.41, 5.74) is 2.36. The summed E-state index contributed by atoms with van der Waals surface area (Å²) in [5.74, 6) is 1.16. The minimum Gasteiger partial charge on any atom is -0.326 e. The third-order valence-corrected chi connectivity index (χ3v) is 9.35. The van der Waals surface area contributed by atoms with Crippen molar-refractivity contribution in [2.24, 2.45) is 5.92 Å². The van der Waals surface area contributed by atoms with Crippen molar-refractivity contribution in [2.75, 3.05) is 31.5 Å². The number of aromatic nitrogens is 5. The van der Waals surface area contributed by atoms with Gasteiger partial charge in [-0.05, 0) is 96.1 Å². The third kappa shape index (κ3) is 6.13. The summed E-state index contributed by atoms with van der Waals surface area (Å²) in [4.78, 5) is 22.8. The lowest BCUT2D eigenvalue weighted by molar-refractivity contribution is 0.0663. The van der Waals surface area contributed by atoms with Gasteiger partial charge in [0.2, 0.25) is 5.95 Å². The van der Waals surface area contributed by atoms with Gasteiger partial charge in [0.25, 0.3) is 0 Å². The average molecular weight is 589 g/mol. The van der Waals surface area contributed by atoms with Crippen LogP contribution < -0.4 is 5.32 Å². The van der Waals surface area contributed by atoms with Gasteiger partial charge < -0.3 is 14.8 Å². The number of nitrogens with zero attached hydrogens (tertiary/aromatic N) is 7. The fourth-order valence-electron chi connectivity index (χ4n) is 6.77. The summed E-state index contributed by atoms with van der Waals surface area (Å²) < 4.78 is 31.9. The van der Waals surface area contributed by atoms with E-state index in [2.05, 4.69) is 55.0 Å². The van der Waals surface area contributed by atoms with Crippen LogP contribution >= 0.6 is 0 Å². The van der Waals surface area contributed by atoms with Gasteiger partial charge >= 0.3 is 0 Å². The maximum Gasteiger partial charge on any atom is 0.229 e. The van der Waals surface area contributed by atoms with E-state index in [1.165, 1.54) is 44.8 Å². The highest BCUT2D eigenvalue weighted by atomic mass is 19.1. The Morgan fingerprint density at radius 2 is 1.63 bits per heavy atom. The second-order valence-corrected chi connectivity index (χ2v) is 12.6. The summed E-state index contributed by atoms with van der Waals surface area (Å²) in [6.07, 6.45) is 8.06. The number of pyridine rings is 1. The van der Waals surface area contributed by atoms with Gasteiger partial charge in [-0.15, -0.1) is 0 Å². The second kappa shape index (κ2) is 12.2. The first-order valence-corrected chi connectivity index (χ1v) is 15.6. The van der Waals surface area contributed by atoms with Crippen molar-refractivity contribution in [1.82, 2.24) is 34.3 Å². The molecule has 8 nitrogen and oxygen atoms in total. The van der Waals surface area contributed by atoms with Crippen molar-refractivity contribution in [3.05, 3.63) is 59.7 Å². The van der Waals surface area contributed by atoms with Crippen LogP contribution in [0.4, 0.5) is 20.5 Å². The maximum atomic E-state index is 15.1. The molecule has 0 bridgehead atoms. The minimum atomic E-state index is -0.632. The Labute approximate surface area is 252 Å². The van der Waals surface area contributed by atoms with Crippen LogP contribution in [0.5, 0.6) is 0 Å². The normalized spacial score (nSPS) is 18.5. The molecule has 2 aliphatic heterocycles. The molecule has 43 heavy (non-hydrogen) atoms. The van der Waals surface area contributed by atoms with Crippen molar-refractivity contribution in [1.29, 1.82) is 0 Å². The van der Waals surface area contributed by atoms with Crippen LogP contribution in [0.2, 0.25) is 0 Å². The van der Waals surface area contributed by atoms with E-state index in [1.807, 2.05) is 37.6 Å². The Bertz CT molecular complexity index is 1570. The molecule has 0 aliphatic carbocycles. The summed E-state index contributed by atoms with van der Waals surface area (Å²) >= 11 is 0. The molecule has 0 saturated carbocycles. The van der Waals surface area contributed by atoms with Gasteiger partial charge in [0.1, 0.15) is 22.9 Å². The van der Waals surface area contributed by atoms with Gasteiger partial charge in [0.05, 0.1) is 11.7 Å². The molecule has 1 atom stereocenters. The quantitative estimate of drug-likeness (QED) is 0.248. The van der Waals surface area contributed by atoms with E-state index in [-0.39, 0.29) is 29.2 Å². The van der Waals surface area contributed by atoms with Crippen LogP contribution in [0, 0.1) is 24.5 Å².